The maximum atomic E-state index is 12.9. The standard InChI is InChI=1S/C17H26FN/c1-12(2)14-6-10-17(11-7-14)19-13(3)15-4-8-16(18)9-5-15/h4-5,8-9,12-14,17,19H,6-7,10-11H2,1-3H3/t13-,14?,17?/m0/s1. The van der Waals surface area contributed by atoms with Crippen LogP contribution in [-0.2, 0) is 0 Å². The number of nitrogens with one attached hydrogen (secondary N) is 1. The van der Waals surface area contributed by atoms with Gasteiger partial charge in [-0.2, -0.15) is 0 Å². The van der Waals surface area contributed by atoms with Gasteiger partial charge in [0.05, 0.1) is 0 Å². The quantitative estimate of drug-likeness (QED) is 0.831. The smallest absolute Gasteiger partial charge is 0.123 e. The van der Waals surface area contributed by atoms with Gasteiger partial charge in [0.15, 0.2) is 0 Å². The molecule has 1 aliphatic rings. The fourth-order valence-corrected chi connectivity index (χ4v) is 3.15. The maximum Gasteiger partial charge on any atom is 0.123 e. The molecule has 0 spiro atoms. The normalized spacial score (nSPS) is 25.5. The molecule has 1 aliphatic carbocycles. The lowest BCUT2D eigenvalue weighted by Gasteiger charge is -2.33. The molecular formula is C17H26FN. The van der Waals surface area contributed by atoms with Gasteiger partial charge < -0.3 is 5.32 Å². The van der Waals surface area contributed by atoms with E-state index in [0.29, 0.717) is 12.1 Å². The van der Waals surface area contributed by atoms with Crippen LogP contribution in [-0.4, -0.2) is 6.04 Å². The molecule has 0 unspecified atom stereocenters. The van der Waals surface area contributed by atoms with Gasteiger partial charge in [-0.25, -0.2) is 4.39 Å². The van der Waals surface area contributed by atoms with Crippen LogP contribution in [0.5, 0.6) is 0 Å². The highest BCUT2D eigenvalue weighted by molar-refractivity contribution is 5.19. The van der Waals surface area contributed by atoms with Crippen LogP contribution >= 0.6 is 0 Å². The second kappa shape index (κ2) is 6.51. The van der Waals surface area contributed by atoms with E-state index >= 15 is 0 Å². The summed E-state index contributed by atoms with van der Waals surface area (Å²) in [6, 6.07) is 7.78. The first-order valence-corrected chi connectivity index (χ1v) is 7.57. The molecule has 1 N–H and O–H groups in total. The van der Waals surface area contributed by atoms with E-state index in [0.717, 1.165) is 11.8 Å². The Morgan fingerprint density at radius 3 is 2.11 bits per heavy atom. The zero-order valence-electron chi connectivity index (χ0n) is 12.3. The summed E-state index contributed by atoms with van der Waals surface area (Å²) >= 11 is 0. The van der Waals surface area contributed by atoms with E-state index in [2.05, 4.69) is 26.1 Å². The van der Waals surface area contributed by atoms with Crippen LogP contribution in [0.3, 0.4) is 0 Å². The Kier molecular flexibility index (Phi) is 4.98. The zero-order valence-corrected chi connectivity index (χ0v) is 12.3. The number of halogens is 1. The van der Waals surface area contributed by atoms with E-state index < -0.39 is 0 Å². The van der Waals surface area contributed by atoms with Crippen molar-refractivity contribution in [3.63, 3.8) is 0 Å². The van der Waals surface area contributed by atoms with Gasteiger partial charge in [0.1, 0.15) is 5.82 Å². The Labute approximate surface area is 116 Å². The summed E-state index contributed by atoms with van der Waals surface area (Å²) in [5, 5.41) is 3.69. The first-order chi connectivity index (χ1) is 9.06. The summed E-state index contributed by atoms with van der Waals surface area (Å²) in [5.74, 6) is 1.56. The van der Waals surface area contributed by atoms with Crippen molar-refractivity contribution < 1.29 is 4.39 Å². The van der Waals surface area contributed by atoms with Gasteiger partial charge in [0.2, 0.25) is 0 Å². The monoisotopic (exact) mass is 263 g/mol. The molecule has 1 saturated carbocycles. The van der Waals surface area contributed by atoms with Crippen LogP contribution in [0.2, 0.25) is 0 Å². The molecule has 0 bridgehead atoms. The SMILES string of the molecule is CC(C)C1CCC(N[C@@H](C)c2ccc(F)cc2)CC1. The maximum absolute atomic E-state index is 12.9. The lowest BCUT2D eigenvalue weighted by molar-refractivity contribution is 0.231. The van der Waals surface area contributed by atoms with E-state index in [4.69, 9.17) is 0 Å². The third-order valence-corrected chi connectivity index (χ3v) is 4.57. The van der Waals surface area contributed by atoms with Crippen molar-refractivity contribution >= 4 is 0 Å². The van der Waals surface area contributed by atoms with Crippen LogP contribution < -0.4 is 5.32 Å². The zero-order chi connectivity index (χ0) is 13.8. The second-order valence-electron chi connectivity index (χ2n) is 6.30. The van der Waals surface area contributed by atoms with Gasteiger partial charge >= 0.3 is 0 Å². The van der Waals surface area contributed by atoms with E-state index in [1.807, 2.05) is 12.1 Å². The molecule has 1 nitrogen and oxygen atoms in total. The Hall–Kier alpha value is -0.890. The highest BCUT2D eigenvalue weighted by Crippen LogP contribution is 2.30. The largest absolute Gasteiger partial charge is 0.307 e. The Bertz CT molecular complexity index is 377. The van der Waals surface area contributed by atoms with Crippen LogP contribution in [0.1, 0.15) is 58.1 Å². The predicted octanol–water partition coefficient (Wildman–Crippen LogP) is 4.69. The Balaban J connectivity index is 1.83. The van der Waals surface area contributed by atoms with Gasteiger partial charge in [0.25, 0.3) is 0 Å². The lowest BCUT2D eigenvalue weighted by Crippen LogP contribution is -2.35. The number of hydrogen-bond donors (Lipinski definition) is 1. The third-order valence-electron chi connectivity index (χ3n) is 4.57. The molecule has 19 heavy (non-hydrogen) atoms. The molecule has 1 atom stereocenters. The average molecular weight is 263 g/mol. The van der Waals surface area contributed by atoms with Crippen molar-refractivity contribution in [2.45, 2.75) is 58.5 Å². The van der Waals surface area contributed by atoms with Gasteiger partial charge in [-0.1, -0.05) is 26.0 Å². The van der Waals surface area contributed by atoms with Crippen molar-refractivity contribution in [2.75, 3.05) is 0 Å². The molecule has 1 aromatic carbocycles. The number of hydrogen-bond acceptors (Lipinski definition) is 1. The van der Waals surface area contributed by atoms with Crippen LogP contribution in [0.4, 0.5) is 4.39 Å². The number of benzene rings is 1. The molecule has 1 fully saturated rings. The van der Waals surface area contributed by atoms with Crippen molar-refractivity contribution in [2.24, 2.45) is 11.8 Å². The predicted molar refractivity (Wildman–Crippen MR) is 78.5 cm³/mol. The average Bonchev–Trinajstić information content (AvgIpc) is 2.40. The Morgan fingerprint density at radius 2 is 1.58 bits per heavy atom. The molecule has 106 valence electrons. The van der Waals surface area contributed by atoms with Crippen LogP contribution in [0.25, 0.3) is 0 Å². The van der Waals surface area contributed by atoms with Gasteiger partial charge in [-0.15, -0.1) is 0 Å². The first kappa shape index (κ1) is 14.5. The molecule has 0 aliphatic heterocycles. The second-order valence-corrected chi connectivity index (χ2v) is 6.30. The van der Waals surface area contributed by atoms with Crippen molar-refractivity contribution in [3.05, 3.63) is 35.6 Å². The molecule has 0 amide bonds. The highest BCUT2D eigenvalue weighted by Gasteiger charge is 2.24. The minimum absolute atomic E-state index is 0.159. The highest BCUT2D eigenvalue weighted by atomic mass is 19.1. The summed E-state index contributed by atoms with van der Waals surface area (Å²) in [5.41, 5.74) is 1.17. The topological polar surface area (TPSA) is 12.0 Å². The fraction of sp³-hybridized carbons (Fsp3) is 0.647. The summed E-state index contributed by atoms with van der Waals surface area (Å²) in [6.45, 7) is 6.83. The lowest BCUT2D eigenvalue weighted by atomic mass is 9.79. The minimum atomic E-state index is -0.159. The number of rotatable bonds is 4. The van der Waals surface area contributed by atoms with E-state index in [1.165, 1.54) is 31.2 Å². The molecule has 1 aromatic rings. The minimum Gasteiger partial charge on any atom is -0.307 e. The molecule has 0 aromatic heterocycles. The van der Waals surface area contributed by atoms with Crippen molar-refractivity contribution in [1.82, 2.24) is 5.32 Å². The van der Waals surface area contributed by atoms with Gasteiger partial charge in [-0.05, 0) is 62.1 Å². The third kappa shape index (κ3) is 4.04. The van der Waals surface area contributed by atoms with E-state index in [9.17, 15) is 4.39 Å². The van der Waals surface area contributed by atoms with Gasteiger partial charge in [-0.3, -0.25) is 0 Å². The molecule has 2 rings (SSSR count). The molecule has 0 radical (unpaired) electrons. The molecule has 0 heterocycles. The summed E-state index contributed by atoms with van der Waals surface area (Å²) in [4.78, 5) is 0. The first-order valence-electron chi connectivity index (χ1n) is 7.57. The molecule has 0 saturated heterocycles. The summed E-state index contributed by atoms with van der Waals surface area (Å²) in [7, 11) is 0. The van der Waals surface area contributed by atoms with Crippen LogP contribution in [0.15, 0.2) is 24.3 Å². The van der Waals surface area contributed by atoms with E-state index in [-0.39, 0.29) is 5.82 Å². The Morgan fingerprint density at radius 1 is 1.00 bits per heavy atom. The van der Waals surface area contributed by atoms with E-state index in [1.54, 1.807) is 12.1 Å². The molecular weight excluding hydrogens is 237 g/mol. The summed E-state index contributed by atoms with van der Waals surface area (Å²) in [6.07, 6.45) is 5.22. The van der Waals surface area contributed by atoms with Crippen molar-refractivity contribution in [3.8, 4) is 0 Å². The summed E-state index contributed by atoms with van der Waals surface area (Å²) < 4.78 is 12.9. The fourth-order valence-electron chi connectivity index (χ4n) is 3.15. The molecule has 2 heteroatoms. The van der Waals surface area contributed by atoms with Gasteiger partial charge in [0, 0.05) is 12.1 Å². The van der Waals surface area contributed by atoms with Crippen LogP contribution in [0, 0.1) is 17.7 Å². The van der Waals surface area contributed by atoms with Crippen molar-refractivity contribution in [1.29, 1.82) is 0 Å².